The molecule has 0 saturated heterocycles. The minimum absolute atomic E-state index is 0.0234. The largest absolute Gasteiger partial charge is 0.468 e. The van der Waals surface area contributed by atoms with E-state index in [1.54, 1.807) is 11.8 Å². The molecule has 102 valence electrons. The molecule has 0 N–H and O–H groups in total. The number of hydrogen-bond acceptors (Lipinski definition) is 4. The van der Waals surface area contributed by atoms with Crippen molar-refractivity contribution in [3.05, 3.63) is 30.3 Å². The van der Waals surface area contributed by atoms with Gasteiger partial charge in [0, 0.05) is 16.6 Å². The van der Waals surface area contributed by atoms with E-state index in [0.29, 0.717) is 12.8 Å². The van der Waals surface area contributed by atoms with E-state index >= 15 is 0 Å². The number of carbonyl (C=O) groups is 2. The second kappa shape index (κ2) is 5.78. The smallest absolute Gasteiger partial charge is 0.320 e. The summed E-state index contributed by atoms with van der Waals surface area (Å²) in [5.74, 6) is -0.360. The molecule has 1 fully saturated rings. The molecule has 1 saturated carbocycles. The summed E-state index contributed by atoms with van der Waals surface area (Å²) in [4.78, 5) is 25.4. The van der Waals surface area contributed by atoms with Crippen molar-refractivity contribution in [1.82, 2.24) is 0 Å². The summed E-state index contributed by atoms with van der Waals surface area (Å²) in [5.41, 5.74) is -0.963. The maximum atomic E-state index is 12.2. The Morgan fingerprint density at radius 2 is 2.05 bits per heavy atom. The molecule has 0 bridgehead atoms. The quantitative estimate of drug-likeness (QED) is 0.482. The fraction of sp³-hybridized carbons (Fsp3) is 0.467. The lowest BCUT2D eigenvalue weighted by Gasteiger charge is -2.30. The average Bonchev–Trinajstić information content (AvgIpc) is 2.82. The lowest BCUT2D eigenvalue weighted by atomic mass is 9.82. The molecule has 0 heterocycles. The van der Waals surface area contributed by atoms with Gasteiger partial charge in [-0.1, -0.05) is 25.1 Å². The van der Waals surface area contributed by atoms with E-state index < -0.39 is 5.41 Å². The Labute approximate surface area is 117 Å². The zero-order valence-electron chi connectivity index (χ0n) is 11.2. The van der Waals surface area contributed by atoms with Crippen LogP contribution in [0.3, 0.4) is 0 Å². The van der Waals surface area contributed by atoms with Crippen molar-refractivity contribution in [2.75, 3.05) is 7.11 Å². The third-order valence-electron chi connectivity index (χ3n) is 3.77. The van der Waals surface area contributed by atoms with E-state index in [1.807, 2.05) is 37.3 Å². The second-order valence-corrected chi connectivity index (χ2v) is 6.23. The summed E-state index contributed by atoms with van der Waals surface area (Å²) in [5, 5.41) is -0.114. The van der Waals surface area contributed by atoms with Crippen molar-refractivity contribution in [2.45, 2.75) is 36.3 Å². The van der Waals surface area contributed by atoms with E-state index in [4.69, 9.17) is 4.74 Å². The van der Waals surface area contributed by atoms with E-state index in [9.17, 15) is 9.59 Å². The molecule has 1 aliphatic carbocycles. The number of hydrogen-bond donors (Lipinski definition) is 0. The molecule has 19 heavy (non-hydrogen) atoms. The third-order valence-corrected chi connectivity index (χ3v) is 5.07. The van der Waals surface area contributed by atoms with Gasteiger partial charge in [0.1, 0.15) is 5.41 Å². The van der Waals surface area contributed by atoms with Crippen molar-refractivity contribution in [2.24, 2.45) is 5.41 Å². The lowest BCUT2D eigenvalue weighted by Crippen LogP contribution is -2.43. The van der Waals surface area contributed by atoms with Gasteiger partial charge in [-0.25, -0.2) is 0 Å². The molecule has 0 radical (unpaired) electrons. The average molecular weight is 278 g/mol. The molecule has 4 heteroatoms. The fourth-order valence-corrected chi connectivity index (χ4v) is 3.96. The highest BCUT2D eigenvalue weighted by atomic mass is 32.2. The number of benzene rings is 1. The number of rotatable bonds is 4. The standard InChI is InChI=1S/C15H18O3S/c1-11(19-12-7-4-3-5-8-12)15(14(17)18-2)10-6-9-13(15)16/h3-5,7-8,11H,6,9-10H2,1-2H3. The molecular weight excluding hydrogens is 260 g/mol. The van der Waals surface area contributed by atoms with Crippen LogP contribution in [0, 0.1) is 5.41 Å². The Bertz CT molecular complexity index is 472. The first-order valence-corrected chi connectivity index (χ1v) is 7.32. The first kappa shape index (κ1) is 14.1. The Hall–Kier alpha value is -1.29. The number of ketones is 1. The normalized spacial score (nSPS) is 24.2. The molecule has 1 aromatic rings. The van der Waals surface area contributed by atoms with Crippen molar-refractivity contribution in [3.63, 3.8) is 0 Å². The Kier molecular flexibility index (Phi) is 4.30. The topological polar surface area (TPSA) is 43.4 Å². The Morgan fingerprint density at radius 3 is 2.58 bits per heavy atom. The van der Waals surface area contributed by atoms with E-state index in [0.717, 1.165) is 11.3 Å². The molecule has 2 atom stereocenters. The van der Waals surface area contributed by atoms with E-state index in [-0.39, 0.29) is 17.0 Å². The molecule has 2 unspecified atom stereocenters. The summed E-state index contributed by atoms with van der Waals surface area (Å²) in [6.07, 6.45) is 1.85. The Balaban J connectivity index is 2.24. The molecule has 0 aliphatic heterocycles. The van der Waals surface area contributed by atoms with Gasteiger partial charge in [0.25, 0.3) is 0 Å². The van der Waals surface area contributed by atoms with Crippen molar-refractivity contribution in [1.29, 1.82) is 0 Å². The van der Waals surface area contributed by atoms with Gasteiger partial charge in [0.2, 0.25) is 0 Å². The van der Waals surface area contributed by atoms with Crippen LogP contribution in [0.15, 0.2) is 35.2 Å². The van der Waals surface area contributed by atoms with Gasteiger partial charge in [-0.3, -0.25) is 9.59 Å². The molecule has 0 aromatic heterocycles. The van der Waals surface area contributed by atoms with Crippen LogP contribution in [0.1, 0.15) is 26.2 Å². The number of esters is 1. The van der Waals surface area contributed by atoms with E-state index in [2.05, 4.69) is 0 Å². The predicted octanol–water partition coefficient (Wildman–Crippen LogP) is 3.08. The number of methoxy groups -OCH3 is 1. The molecule has 3 nitrogen and oxygen atoms in total. The molecule has 0 amide bonds. The van der Waals surface area contributed by atoms with Gasteiger partial charge in [0.05, 0.1) is 7.11 Å². The van der Waals surface area contributed by atoms with Crippen LogP contribution in [0.2, 0.25) is 0 Å². The van der Waals surface area contributed by atoms with Crippen molar-refractivity contribution < 1.29 is 14.3 Å². The van der Waals surface area contributed by atoms with Crippen LogP contribution < -0.4 is 0 Å². The molecule has 2 rings (SSSR count). The fourth-order valence-electron chi connectivity index (χ4n) is 2.69. The Morgan fingerprint density at radius 1 is 1.37 bits per heavy atom. The van der Waals surface area contributed by atoms with Crippen LogP contribution in [0.25, 0.3) is 0 Å². The van der Waals surface area contributed by atoms with Crippen LogP contribution in [-0.2, 0) is 14.3 Å². The van der Waals surface area contributed by atoms with Crippen LogP contribution in [-0.4, -0.2) is 24.1 Å². The van der Waals surface area contributed by atoms with Gasteiger partial charge in [-0.2, -0.15) is 0 Å². The van der Waals surface area contributed by atoms with Crippen molar-refractivity contribution in [3.8, 4) is 0 Å². The minimum atomic E-state index is -0.963. The number of thioether (sulfide) groups is 1. The van der Waals surface area contributed by atoms with Crippen LogP contribution >= 0.6 is 11.8 Å². The number of ether oxygens (including phenoxy) is 1. The summed E-state index contributed by atoms with van der Waals surface area (Å²) in [7, 11) is 1.36. The third kappa shape index (κ3) is 2.54. The number of Topliss-reactive ketones (excluding diaryl/α,β-unsaturated/α-hetero) is 1. The molecule has 1 aromatic carbocycles. The molecule has 1 aliphatic rings. The second-order valence-electron chi connectivity index (χ2n) is 4.81. The highest BCUT2D eigenvalue weighted by Crippen LogP contribution is 2.45. The highest BCUT2D eigenvalue weighted by Gasteiger charge is 2.53. The predicted molar refractivity (Wildman–Crippen MR) is 75.1 cm³/mol. The first-order valence-electron chi connectivity index (χ1n) is 6.44. The summed E-state index contributed by atoms with van der Waals surface area (Å²) < 4.78 is 4.89. The molecular formula is C15H18O3S. The van der Waals surface area contributed by atoms with Crippen LogP contribution in [0.5, 0.6) is 0 Å². The number of carbonyl (C=O) groups excluding carboxylic acids is 2. The van der Waals surface area contributed by atoms with Gasteiger partial charge in [-0.05, 0) is 25.0 Å². The van der Waals surface area contributed by atoms with Gasteiger partial charge < -0.3 is 4.74 Å². The van der Waals surface area contributed by atoms with Gasteiger partial charge in [-0.15, -0.1) is 11.8 Å². The summed E-state index contributed by atoms with van der Waals surface area (Å²) in [6.45, 7) is 1.94. The maximum Gasteiger partial charge on any atom is 0.320 e. The van der Waals surface area contributed by atoms with Crippen molar-refractivity contribution >= 4 is 23.5 Å². The maximum absolute atomic E-state index is 12.2. The van der Waals surface area contributed by atoms with E-state index in [1.165, 1.54) is 7.11 Å². The zero-order chi connectivity index (χ0) is 13.9. The highest BCUT2D eigenvalue weighted by molar-refractivity contribution is 8.00. The summed E-state index contributed by atoms with van der Waals surface area (Å²) in [6, 6.07) is 9.84. The van der Waals surface area contributed by atoms with Gasteiger partial charge >= 0.3 is 5.97 Å². The summed E-state index contributed by atoms with van der Waals surface area (Å²) >= 11 is 1.57. The zero-order valence-corrected chi connectivity index (χ0v) is 12.0. The lowest BCUT2D eigenvalue weighted by molar-refractivity contribution is -0.156. The van der Waals surface area contributed by atoms with Gasteiger partial charge in [0.15, 0.2) is 5.78 Å². The SMILES string of the molecule is COC(=O)C1(C(C)Sc2ccccc2)CCCC1=O. The molecule has 0 spiro atoms. The minimum Gasteiger partial charge on any atom is -0.468 e. The monoisotopic (exact) mass is 278 g/mol. The first-order chi connectivity index (χ1) is 9.11. The van der Waals surface area contributed by atoms with Crippen LogP contribution in [0.4, 0.5) is 0 Å².